The zero-order chi connectivity index (χ0) is 11.0. The average molecular weight is 277 g/mol. The molecule has 6 heteroatoms. The van der Waals surface area contributed by atoms with Crippen LogP contribution in [-0.2, 0) is 11.2 Å². The van der Waals surface area contributed by atoms with Crippen LogP contribution in [-0.4, -0.2) is 17.9 Å². The number of fused-ring (bicyclic) bond motifs is 1. The van der Waals surface area contributed by atoms with Crippen LogP contribution in [0, 0.1) is 5.82 Å². The second-order valence-corrected chi connectivity index (χ2v) is 3.81. The smallest absolute Gasteiger partial charge is 0.307 e. The van der Waals surface area contributed by atoms with E-state index < -0.39 is 18.2 Å². The van der Waals surface area contributed by atoms with Crippen molar-refractivity contribution in [2.24, 2.45) is 0 Å². The Bertz CT molecular complexity index is 433. The van der Waals surface area contributed by atoms with Gasteiger partial charge in [-0.05, 0) is 6.07 Å². The first-order valence-electron chi connectivity index (χ1n) is 4.08. The molecule has 2 rings (SSSR count). The van der Waals surface area contributed by atoms with E-state index in [-0.39, 0.29) is 23.9 Å². The summed E-state index contributed by atoms with van der Waals surface area (Å²) in [6.07, 6.45) is -0.400. The van der Waals surface area contributed by atoms with Crippen molar-refractivity contribution in [3.8, 4) is 11.5 Å². The zero-order valence-corrected chi connectivity index (χ0v) is 9.01. The second-order valence-electron chi connectivity index (χ2n) is 2.96. The lowest BCUT2D eigenvalue weighted by Crippen LogP contribution is -2.04. The van der Waals surface area contributed by atoms with Crippen molar-refractivity contribution in [3.63, 3.8) is 0 Å². The lowest BCUT2D eigenvalue weighted by molar-refractivity contribution is -0.136. The number of rotatable bonds is 2. The molecule has 0 atom stereocenters. The number of carbonyl (C=O) groups is 1. The van der Waals surface area contributed by atoms with Crippen molar-refractivity contribution < 1.29 is 23.8 Å². The fourth-order valence-corrected chi connectivity index (χ4v) is 1.85. The van der Waals surface area contributed by atoms with Crippen molar-refractivity contribution in [1.82, 2.24) is 0 Å². The summed E-state index contributed by atoms with van der Waals surface area (Å²) in [5.74, 6) is -1.52. The van der Waals surface area contributed by atoms with Gasteiger partial charge in [-0.3, -0.25) is 4.79 Å². The van der Waals surface area contributed by atoms with Gasteiger partial charge in [0.25, 0.3) is 0 Å². The van der Waals surface area contributed by atoms with Crippen LogP contribution in [0.5, 0.6) is 11.5 Å². The summed E-state index contributed by atoms with van der Waals surface area (Å²) >= 11 is 3.09. The van der Waals surface area contributed by atoms with Gasteiger partial charge in [0.2, 0.25) is 12.5 Å². The number of benzene rings is 1. The SMILES string of the molecule is O=C(O)Cc1c(Br)cc2c(c1F)OCO2. The lowest BCUT2D eigenvalue weighted by Gasteiger charge is -2.06. The van der Waals surface area contributed by atoms with E-state index >= 15 is 0 Å². The van der Waals surface area contributed by atoms with Gasteiger partial charge in [0.05, 0.1) is 6.42 Å². The molecule has 0 bridgehead atoms. The first-order valence-corrected chi connectivity index (χ1v) is 4.87. The van der Waals surface area contributed by atoms with Crippen molar-refractivity contribution in [2.45, 2.75) is 6.42 Å². The first-order chi connectivity index (χ1) is 7.09. The molecule has 15 heavy (non-hydrogen) atoms. The fourth-order valence-electron chi connectivity index (χ4n) is 1.32. The van der Waals surface area contributed by atoms with Gasteiger partial charge in [0.1, 0.15) is 0 Å². The van der Waals surface area contributed by atoms with Crippen LogP contribution < -0.4 is 9.47 Å². The van der Waals surface area contributed by atoms with E-state index in [0.29, 0.717) is 4.47 Å². The van der Waals surface area contributed by atoms with E-state index in [9.17, 15) is 9.18 Å². The van der Waals surface area contributed by atoms with Crippen LogP contribution >= 0.6 is 15.9 Å². The molecular weight excluding hydrogens is 271 g/mol. The molecule has 1 heterocycles. The van der Waals surface area contributed by atoms with E-state index in [1.165, 1.54) is 6.07 Å². The molecule has 1 aromatic carbocycles. The van der Waals surface area contributed by atoms with Crippen molar-refractivity contribution >= 4 is 21.9 Å². The highest BCUT2D eigenvalue weighted by molar-refractivity contribution is 9.10. The van der Waals surface area contributed by atoms with Crippen molar-refractivity contribution in [3.05, 3.63) is 21.9 Å². The molecule has 1 aromatic rings. The molecule has 4 nitrogen and oxygen atoms in total. The minimum atomic E-state index is -1.10. The van der Waals surface area contributed by atoms with Crippen LogP contribution in [0.1, 0.15) is 5.56 Å². The Balaban J connectivity index is 2.51. The molecule has 0 aliphatic carbocycles. The Morgan fingerprint density at radius 1 is 1.60 bits per heavy atom. The second kappa shape index (κ2) is 3.69. The van der Waals surface area contributed by atoms with Gasteiger partial charge in [0, 0.05) is 10.0 Å². The maximum absolute atomic E-state index is 13.7. The summed E-state index contributed by atoms with van der Waals surface area (Å²) in [7, 11) is 0. The number of hydrogen-bond donors (Lipinski definition) is 1. The number of carboxylic acids is 1. The molecule has 0 spiro atoms. The third kappa shape index (κ3) is 1.77. The topological polar surface area (TPSA) is 55.8 Å². The van der Waals surface area contributed by atoms with Crippen molar-refractivity contribution in [1.29, 1.82) is 0 Å². The normalized spacial score (nSPS) is 12.9. The summed E-state index contributed by atoms with van der Waals surface area (Å²) in [6.45, 7) is -0.0464. The summed E-state index contributed by atoms with van der Waals surface area (Å²) in [5.41, 5.74) is 0.0618. The van der Waals surface area contributed by atoms with Crippen LogP contribution in [0.3, 0.4) is 0 Å². The van der Waals surface area contributed by atoms with Gasteiger partial charge in [-0.25, -0.2) is 4.39 Å². The van der Waals surface area contributed by atoms with Crippen molar-refractivity contribution in [2.75, 3.05) is 6.79 Å². The van der Waals surface area contributed by atoms with Gasteiger partial charge in [-0.2, -0.15) is 0 Å². The highest BCUT2D eigenvalue weighted by Gasteiger charge is 2.24. The van der Waals surface area contributed by atoms with E-state index in [4.69, 9.17) is 14.6 Å². The average Bonchev–Trinajstić information content (AvgIpc) is 2.59. The number of aliphatic carboxylic acids is 1. The molecule has 0 aromatic heterocycles. The molecule has 0 radical (unpaired) electrons. The maximum Gasteiger partial charge on any atom is 0.307 e. The molecule has 0 saturated heterocycles. The Labute approximate surface area is 92.7 Å². The number of hydrogen-bond acceptors (Lipinski definition) is 3. The summed E-state index contributed by atoms with van der Waals surface area (Å²) in [6, 6.07) is 1.50. The largest absolute Gasteiger partial charge is 0.481 e. The predicted molar refractivity (Wildman–Crippen MR) is 51.6 cm³/mol. The van der Waals surface area contributed by atoms with Crippen LogP contribution in [0.4, 0.5) is 4.39 Å². The third-order valence-electron chi connectivity index (χ3n) is 1.98. The minimum absolute atomic E-state index is 0.0190. The molecule has 0 saturated carbocycles. The summed E-state index contributed by atoms with van der Waals surface area (Å²) in [5, 5.41) is 8.60. The molecule has 1 aliphatic heterocycles. The predicted octanol–water partition coefficient (Wildman–Crippen LogP) is 1.94. The lowest BCUT2D eigenvalue weighted by atomic mass is 10.1. The zero-order valence-electron chi connectivity index (χ0n) is 7.42. The van der Waals surface area contributed by atoms with Gasteiger partial charge in [-0.1, -0.05) is 15.9 Å². The van der Waals surface area contributed by atoms with Gasteiger partial charge >= 0.3 is 5.97 Å². The minimum Gasteiger partial charge on any atom is -0.481 e. The van der Waals surface area contributed by atoms with Gasteiger partial charge in [0.15, 0.2) is 11.6 Å². The van der Waals surface area contributed by atoms with Crippen LogP contribution in [0.15, 0.2) is 10.5 Å². The number of carboxylic acid groups (broad SMARTS) is 1. The van der Waals surface area contributed by atoms with Gasteiger partial charge in [-0.15, -0.1) is 0 Å². The Morgan fingerprint density at radius 2 is 2.33 bits per heavy atom. The Hall–Kier alpha value is -1.30. The maximum atomic E-state index is 13.7. The summed E-state index contributed by atoms with van der Waals surface area (Å²) in [4.78, 5) is 10.5. The molecule has 0 amide bonds. The third-order valence-corrected chi connectivity index (χ3v) is 2.69. The van der Waals surface area contributed by atoms with E-state index in [0.717, 1.165) is 0 Å². The highest BCUT2D eigenvalue weighted by Crippen LogP contribution is 2.40. The van der Waals surface area contributed by atoms with Crippen LogP contribution in [0.2, 0.25) is 0 Å². The molecular formula is C9H6BrFO4. The molecule has 80 valence electrons. The standard InChI is InChI=1S/C9H6BrFO4/c10-5-2-6-9(15-3-14-6)8(11)4(5)1-7(12)13/h2H,1,3H2,(H,12,13). The quantitative estimate of drug-likeness (QED) is 0.897. The molecule has 0 unspecified atom stereocenters. The highest BCUT2D eigenvalue weighted by atomic mass is 79.9. The van der Waals surface area contributed by atoms with Gasteiger partial charge < -0.3 is 14.6 Å². The monoisotopic (exact) mass is 276 g/mol. The molecule has 1 N–H and O–H groups in total. The fraction of sp³-hybridized carbons (Fsp3) is 0.222. The Kier molecular flexibility index (Phi) is 2.52. The van der Waals surface area contributed by atoms with E-state index in [1.807, 2.05) is 0 Å². The molecule has 1 aliphatic rings. The summed E-state index contributed by atoms with van der Waals surface area (Å²) < 4.78 is 23.9. The number of ether oxygens (including phenoxy) is 2. The van der Waals surface area contributed by atoms with Crippen LogP contribution in [0.25, 0.3) is 0 Å². The first kappa shape index (κ1) is 10.2. The Morgan fingerprint density at radius 3 is 3.00 bits per heavy atom. The van der Waals surface area contributed by atoms with E-state index in [1.54, 1.807) is 0 Å². The molecule has 0 fully saturated rings. The number of halogens is 2. The van der Waals surface area contributed by atoms with E-state index in [2.05, 4.69) is 15.9 Å².